The molecule has 0 saturated carbocycles. The Labute approximate surface area is 283 Å². The Morgan fingerprint density at radius 3 is 2.62 bits per heavy atom. The number of nitrogens with zero attached hydrogens (tertiary/aromatic N) is 4. The van der Waals surface area contributed by atoms with Crippen LogP contribution in [0.5, 0.6) is 11.5 Å². The molecule has 1 atom stereocenters. The van der Waals surface area contributed by atoms with E-state index in [1.807, 2.05) is 48.7 Å². The molecule has 0 saturated heterocycles. The van der Waals surface area contributed by atoms with Crippen molar-refractivity contribution in [3.05, 3.63) is 119 Å². The van der Waals surface area contributed by atoms with E-state index in [0.717, 1.165) is 20.7 Å². The molecule has 0 N–H and O–H groups in total. The minimum Gasteiger partial charge on any atom is -0.466 e. The summed E-state index contributed by atoms with van der Waals surface area (Å²) in [4.78, 5) is 16.9. The maximum Gasteiger partial charge on any atom is 0.306 e. The number of carbonyl (C=O) groups is 1. The molecular weight excluding hydrogens is 652 g/mol. The third-order valence-corrected chi connectivity index (χ3v) is 11.4. The Bertz CT molecular complexity index is 2150. The summed E-state index contributed by atoms with van der Waals surface area (Å²) >= 11 is 1.38. The molecule has 0 radical (unpaired) electrons. The van der Waals surface area contributed by atoms with Crippen LogP contribution in [-0.4, -0.2) is 50.7 Å². The summed E-state index contributed by atoms with van der Waals surface area (Å²) in [6, 6.07) is 22.2. The lowest BCUT2D eigenvalue weighted by Crippen LogP contribution is -2.40. The van der Waals surface area contributed by atoms with Gasteiger partial charge in [0.2, 0.25) is 0 Å². The standard InChI is InChI=1S/C36H35FN4O5S2/c1-4-45-34(42)14-11-25-7-5-8-26(19-25)23-40-24-38-35(39-40)28-9-6-10-29(21-28)46-30-12-13-32-27(20-30)16-18-41(32)48(43,44)36(2)17-15-31(47-3)22-33(36)37/h5-10,12-13,15-16,18-22,24H,4,11,14,17,23H2,1-3H3. The third kappa shape index (κ3) is 6.81. The monoisotopic (exact) mass is 686 g/mol. The minimum absolute atomic E-state index is 0.0455. The fraction of sp³-hybridized carbons (Fsp3) is 0.250. The quantitative estimate of drug-likeness (QED) is 0.123. The summed E-state index contributed by atoms with van der Waals surface area (Å²) in [6.45, 7) is 4.11. The summed E-state index contributed by atoms with van der Waals surface area (Å²) in [7, 11) is -4.12. The van der Waals surface area contributed by atoms with Gasteiger partial charge in [-0.2, -0.15) is 5.10 Å². The van der Waals surface area contributed by atoms with E-state index in [-0.39, 0.29) is 12.4 Å². The summed E-state index contributed by atoms with van der Waals surface area (Å²) in [5.74, 6) is 0.727. The van der Waals surface area contributed by atoms with Crippen LogP contribution in [0, 0.1) is 0 Å². The van der Waals surface area contributed by atoms with Crippen molar-refractivity contribution >= 4 is 38.7 Å². The maximum atomic E-state index is 15.2. The van der Waals surface area contributed by atoms with Crippen molar-refractivity contribution < 1.29 is 27.1 Å². The number of aromatic nitrogens is 4. The van der Waals surface area contributed by atoms with Crippen molar-refractivity contribution in [1.29, 1.82) is 0 Å². The van der Waals surface area contributed by atoms with E-state index in [1.165, 1.54) is 31.0 Å². The number of hydrogen-bond acceptors (Lipinski definition) is 8. The molecular formula is C36H35FN4O5S2. The van der Waals surface area contributed by atoms with Gasteiger partial charge in [-0.1, -0.05) is 42.5 Å². The van der Waals surface area contributed by atoms with Crippen LogP contribution in [0.3, 0.4) is 0 Å². The molecule has 0 fully saturated rings. The average molecular weight is 687 g/mol. The number of benzene rings is 3. The zero-order valence-corrected chi connectivity index (χ0v) is 28.4. The molecule has 0 spiro atoms. The maximum absolute atomic E-state index is 15.2. The van der Waals surface area contributed by atoms with E-state index in [4.69, 9.17) is 9.47 Å². The molecule has 5 aromatic rings. The number of hydrogen-bond donors (Lipinski definition) is 0. The smallest absolute Gasteiger partial charge is 0.306 e. The zero-order valence-electron chi connectivity index (χ0n) is 26.8. The van der Waals surface area contributed by atoms with Crippen LogP contribution in [0.25, 0.3) is 22.3 Å². The molecule has 0 amide bonds. The average Bonchev–Trinajstić information content (AvgIpc) is 3.73. The molecule has 1 aliphatic rings. The van der Waals surface area contributed by atoms with Crippen molar-refractivity contribution in [3.8, 4) is 22.9 Å². The second-order valence-electron chi connectivity index (χ2n) is 11.6. The van der Waals surface area contributed by atoms with Gasteiger partial charge in [-0.25, -0.2) is 26.4 Å². The Morgan fingerprint density at radius 1 is 1.04 bits per heavy atom. The molecule has 1 unspecified atom stereocenters. The van der Waals surface area contributed by atoms with E-state index < -0.39 is 20.6 Å². The van der Waals surface area contributed by atoms with Gasteiger partial charge >= 0.3 is 5.97 Å². The van der Waals surface area contributed by atoms with Gasteiger partial charge in [0.05, 0.1) is 18.7 Å². The van der Waals surface area contributed by atoms with Crippen LogP contribution in [0.1, 0.15) is 37.8 Å². The molecule has 6 rings (SSSR count). The van der Waals surface area contributed by atoms with Gasteiger partial charge in [0.1, 0.15) is 28.4 Å². The number of aryl methyl sites for hydroxylation is 1. The second-order valence-corrected chi connectivity index (χ2v) is 14.7. The van der Waals surface area contributed by atoms with Crippen molar-refractivity contribution in [1.82, 2.24) is 18.7 Å². The van der Waals surface area contributed by atoms with E-state index in [2.05, 4.69) is 16.1 Å². The Morgan fingerprint density at radius 2 is 1.83 bits per heavy atom. The highest BCUT2D eigenvalue weighted by Gasteiger charge is 2.46. The summed E-state index contributed by atoms with van der Waals surface area (Å²) in [5, 5.41) is 5.30. The van der Waals surface area contributed by atoms with E-state index in [0.29, 0.717) is 59.1 Å². The molecule has 2 heterocycles. The highest BCUT2D eigenvalue weighted by atomic mass is 32.2. The zero-order chi connectivity index (χ0) is 33.9. The molecule has 3 aromatic carbocycles. The SMILES string of the molecule is CCOC(=O)CCc1cccc(Cn2cnc(-c3cccc(Oc4ccc5c(ccn5S(=O)(=O)C5(C)CC=C(SC)C=C5F)c4)c3)n2)c1. The largest absolute Gasteiger partial charge is 0.466 e. The molecule has 48 heavy (non-hydrogen) atoms. The van der Waals surface area contributed by atoms with Crippen LogP contribution in [0.15, 0.2) is 108 Å². The van der Waals surface area contributed by atoms with Gasteiger partial charge < -0.3 is 9.47 Å². The van der Waals surface area contributed by atoms with Gasteiger partial charge in [-0.15, -0.1) is 11.8 Å². The first kappa shape index (κ1) is 33.2. The first-order chi connectivity index (χ1) is 23.1. The van der Waals surface area contributed by atoms with E-state index in [1.54, 1.807) is 48.3 Å². The lowest BCUT2D eigenvalue weighted by atomic mass is 10.0. The predicted molar refractivity (Wildman–Crippen MR) is 186 cm³/mol. The van der Waals surface area contributed by atoms with Crippen LogP contribution in [-0.2, 0) is 32.5 Å². The normalized spacial score (nSPS) is 16.4. The predicted octanol–water partition coefficient (Wildman–Crippen LogP) is 7.68. The van der Waals surface area contributed by atoms with Crippen LogP contribution >= 0.6 is 11.8 Å². The number of fused-ring (bicyclic) bond motifs is 1. The number of halogens is 1. The van der Waals surface area contributed by atoms with Gasteiger partial charge in [0.15, 0.2) is 5.82 Å². The summed E-state index contributed by atoms with van der Waals surface area (Å²) in [5.41, 5.74) is 3.29. The van der Waals surface area contributed by atoms with Crippen molar-refractivity contribution in [3.63, 3.8) is 0 Å². The number of ether oxygens (including phenoxy) is 2. The fourth-order valence-corrected chi connectivity index (χ4v) is 7.72. The first-order valence-electron chi connectivity index (χ1n) is 15.5. The van der Waals surface area contributed by atoms with Gasteiger partial charge in [-0.3, -0.25) is 4.79 Å². The highest BCUT2D eigenvalue weighted by Crippen LogP contribution is 2.40. The van der Waals surface area contributed by atoms with Gasteiger partial charge in [-0.05, 0) is 86.5 Å². The van der Waals surface area contributed by atoms with Gasteiger partial charge in [0.25, 0.3) is 10.0 Å². The van der Waals surface area contributed by atoms with Crippen LogP contribution in [0.2, 0.25) is 0 Å². The Hall–Kier alpha value is -4.68. The molecule has 9 nitrogen and oxygen atoms in total. The van der Waals surface area contributed by atoms with Crippen LogP contribution in [0.4, 0.5) is 4.39 Å². The number of thioether (sulfide) groups is 1. The van der Waals surface area contributed by atoms with Gasteiger partial charge in [0, 0.05) is 28.5 Å². The molecule has 2 aromatic heterocycles. The summed E-state index contributed by atoms with van der Waals surface area (Å²) < 4.78 is 55.0. The molecule has 1 aliphatic carbocycles. The number of allylic oxidation sites excluding steroid dienone is 2. The van der Waals surface area contributed by atoms with Crippen molar-refractivity contribution in [2.75, 3.05) is 12.9 Å². The number of carbonyl (C=O) groups excluding carboxylic acids is 1. The second kappa shape index (κ2) is 13.8. The third-order valence-electron chi connectivity index (χ3n) is 8.28. The van der Waals surface area contributed by atoms with E-state index in [9.17, 15) is 13.2 Å². The first-order valence-corrected chi connectivity index (χ1v) is 18.2. The Kier molecular flexibility index (Phi) is 9.56. The van der Waals surface area contributed by atoms with Crippen molar-refractivity contribution in [2.45, 2.75) is 44.4 Å². The topological polar surface area (TPSA) is 105 Å². The molecule has 248 valence electrons. The van der Waals surface area contributed by atoms with Crippen LogP contribution < -0.4 is 4.74 Å². The summed E-state index contributed by atoms with van der Waals surface area (Å²) in [6.07, 6.45) is 9.00. The lowest BCUT2D eigenvalue weighted by molar-refractivity contribution is -0.143. The molecule has 0 aliphatic heterocycles. The fourth-order valence-electron chi connectivity index (χ4n) is 5.57. The number of rotatable bonds is 12. The molecule has 12 heteroatoms. The lowest BCUT2D eigenvalue weighted by Gasteiger charge is -2.30. The highest BCUT2D eigenvalue weighted by molar-refractivity contribution is 8.02. The minimum atomic E-state index is -4.12. The van der Waals surface area contributed by atoms with E-state index >= 15 is 4.39 Å². The Balaban J connectivity index is 1.15. The van der Waals surface area contributed by atoms with Crippen molar-refractivity contribution in [2.24, 2.45) is 0 Å². The molecule has 0 bridgehead atoms. The number of esters is 1.